The maximum Gasteiger partial charge on any atom is 0.0828 e. The first-order valence-electron chi connectivity index (χ1n) is 5.49. The van der Waals surface area contributed by atoms with Gasteiger partial charge in [0.1, 0.15) is 0 Å². The summed E-state index contributed by atoms with van der Waals surface area (Å²) in [6, 6.07) is 0.342. The summed E-state index contributed by atoms with van der Waals surface area (Å²) in [5, 5.41) is 16.9. The van der Waals surface area contributed by atoms with Crippen LogP contribution in [0.5, 0.6) is 0 Å². The van der Waals surface area contributed by atoms with Gasteiger partial charge < -0.3 is 9.84 Å². The summed E-state index contributed by atoms with van der Waals surface area (Å²) in [6.07, 6.45) is 5.72. The minimum Gasteiger partial charge on any atom is -0.396 e. The molecule has 1 aliphatic rings. The van der Waals surface area contributed by atoms with Crippen LogP contribution in [-0.2, 0) is 11.2 Å². The summed E-state index contributed by atoms with van der Waals surface area (Å²) in [4.78, 5) is 0. The quantitative estimate of drug-likeness (QED) is 0.790. The fourth-order valence-electron chi connectivity index (χ4n) is 1.80. The number of ether oxygens (including phenoxy) is 1. The number of hydrogen-bond donors (Lipinski definition) is 1. The summed E-state index contributed by atoms with van der Waals surface area (Å²) < 4.78 is 7.29. The summed E-state index contributed by atoms with van der Waals surface area (Å²) in [7, 11) is 0. The molecule has 5 nitrogen and oxygen atoms in total. The highest BCUT2D eigenvalue weighted by Crippen LogP contribution is 2.18. The molecule has 0 amide bonds. The van der Waals surface area contributed by atoms with Crippen LogP contribution < -0.4 is 0 Å². The summed E-state index contributed by atoms with van der Waals surface area (Å²) >= 11 is 0. The molecule has 1 unspecified atom stereocenters. The van der Waals surface area contributed by atoms with Crippen molar-refractivity contribution in [1.82, 2.24) is 15.0 Å². The Morgan fingerprint density at radius 3 is 3.27 bits per heavy atom. The van der Waals surface area contributed by atoms with E-state index in [0.717, 1.165) is 44.6 Å². The third-order valence-corrected chi connectivity index (χ3v) is 2.66. The Balaban J connectivity index is 1.93. The van der Waals surface area contributed by atoms with Gasteiger partial charge in [0, 0.05) is 19.4 Å². The van der Waals surface area contributed by atoms with Crippen LogP contribution in [0.1, 0.15) is 31.0 Å². The normalized spacial score (nSPS) is 21.8. The van der Waals surface area contributed by atoms with E-state index in [1.165, 1.54) is 0 Å². The molecule has 1 aromatic heterocycles. The van der Waals surface area contributed by atoms with E-state index in [9.17, 15) is 0 Å². The van der Waals surface area contributed by atoms with Gasteiger partial charge in [0.15, 0.2) is 0 Å². The molecule has 1 fully saturated rings. The number of hydrogen-bond acceptors (Lipinski definition) is 4. The van der Waals surface area contributed by atoms with Crippen molar-refractivity contribution in [2.24, 2.45) is 0 Å². The zero-order chi connectivity index (χ0) is 10.5. The van der Waals surface area contributed by atoms with Crippen molar-refractivity contribution in [3.8, 4) is 0 Å². The van der Waals surface area contributed by atoms with E-state index in [-0.39, 0.29) is 6.61 Å². The lowest BCUT2D eigenvalue weighted by atomic mass is 10.1. The fraction of sp³-hybridized carbons (Fsp3) is 0.800. The minimum absolute atomic E-state index is 0.208. The van der Waals surface area contributed by atoms with Crippen LogP contribution in [-0.4, -0.2) is 39.9 Å². The Hall–Kier alpha value is -0.940. The Morgan fingerprint density at radius 1 is 1.60 bits per heavy atom. The van der Waals surface area contributed by atoms with Gasteiger partial charge in [0.2, 0.25) is 0 Å². The first-order chi connectivity index (χ1) is 7.40. The van der Waals surface area contributed by atoms with Crippen molar-refractivity contribution in [3.05, 3.63) is 11.9 Å². The molecule has 1 aromatic rings. The second-order valence-corrected chi connectivity index (χ2v) is 3.89. The SMILES string of the molecule is OCCCc1cn(C2CCCOC2)nn1. The van der Waals surface area contributed by atoms with E-state index >= 15 is 0 Å². The number of aryl methyl sites for hydroxylation is 1. The molecule has 5 heteroatoms. The number of nitrogens with zero attached hydrogens (tertiary/aromatic N) is 3. The first-order valence-corrected chi connectivity index (χ1v) is 5.49. The molecule has 0 spiro atoms. The predicted octanol–water partition coefficient (Wildman–Crippen LogP) is 0.554. The lowest BCUT2D eigenvalue weighted by Gasteiger charge is -2.21. The molecular weight excluding hydrogens is 194 g/mol. The van der Waals surface area contributed by atoms with Gasteiger partial charge in [0.25, 0.3) is 0 Å². The highest BCUT2D eigenvalue weighted by atomic mass is 16.5. The molecule has 2 heterocycles. The largest absolute Gasteiger partial charge is 0.396 e. The zero-order valence-corrected chi connectivity index (χ0v) is 8.80. The Morgan fingerprint density at radius 2 is 2.53 bits per heavy atom. The first kappa shape index (κ1) is 10.6. The molecule has 0 radical (unpaired) electrons. The zero-order valence-electron chi connectivity index (χ0n) is 8.80. The number of rotatable bonds is 4. The average Bonchev–Trinajstić information content (AvgIpc) is 2.76. The van der Waals surface area contributed by atoms with Crippen LogP contribution in [0.2, 0.25) is 0 Å². The van der Waals surface area contributed by atoms with Gasteiger partial charge in [-0.25, -0.2) is 4.68 Å². The number of aliphatic hydroxyl groups excluding tert-OH is 1. The van der Waals surface area contributed by atoms with E-state index in [4.69, 9.17) is 9.84 Å². The van der Waals surface area contributed by atoms with Crippen LogP contribution in [0.4, 0.5) is 0 Å². The van der Waals surface area contributed by atoms with Gasteiger partial charge in [-0.3, -0.25) is 0 Å². The monoisotopic (exact) mass is 211 g/mol. The van der Waals surface area contributed by atoms with Gasteiger partial charge in [-0.1, -0.05) is 5.21 Å². The minimum atomic E-state index is 0.208. The van der Waals surface area contributed by atoms with Crippen LogP contribution in [0.25, 0.3) is 0 Å². The van der Waals surface area contributed by atoms with Crippen LogP contribution in [0.15, 0.2) is 6.20 Å². The lowest BCUT2D eigenvalue weighted by Crippen LogP contribution is -2.21. The van der Waals surface area contributed by atoms with Gasteiger partial charge in [-0.15, -0.1) is 5.10 Å². The molecule has 2 rings (SSSR count). The van der Waals surface area contributed by atoms with E-state index in [0.29, 0.717) is 6.04 Å². The molecule has 0 aromatic carbocycles. The molecule has 0 aliphatic carbocycles. The molecule has 15 heavy (non-hydrogen) atoms. The molecule has 1 N–H and O–H groups in total. The van der Waals surface area contributed by atoms with Gasteiger partial charge >= 0.3 is 0 Å². The highest BCUT2D eigenvalue weighted by molar-refractivity contribution is 4.93. The molecule has 1 aliphatic heterocycles. The van der Waals surface area contributed by atoms with Crippen molar-refractivity contribution < 1.29 is 9.84 Å². The highest BCUT2D eigenvalue weighted by Gasteiger charge is 2.16. The molecule has 84 valence electrons. The lowest BCUT2D eigenvalue weighted by molar-refractivity contribution is 0.0543. The standard InChI is InChI=1S/C10H17N3O2/c14-5-1-3-9-7-13(12-11-9)10-4-2-6-15-8-10/h7,10,14H,1-6,8H2. The van der Waals surface area contributed by atoms with E-state index in [2.05, 4.69) is 10.3 Å². The Kier molecular flexibility index (Phi) is 3.69. The Bertz CT molecular complexity index is 295. The number of aromatic nitrogens is 3. The second-order valence-electron chi connectivity index (χ2n) is 3.89. The fourth-order valence-corrected chi connectivity index (χ4v) is 1.80. The van der Waals surface area contributed by atoms with Crippen molar-refractivity contribution in [3.63, 3.8) is 0 Å². The summed E-state index contributed by atoms with van der Waals surface area (Å²) in [5.74, 6) is 0. The second kappa shape index (κ2) is 5.23. The third-order valence-electron chi connectivity index (χ3n) is 2.66. The smallest absolute Gasteiger partial charge is 0.0828 e. The van der Waals surface area contributed by atoms with Crippen LogP contribution >= 0.6 is 0 Å². The molecular formula is C10H17N3O2. The van der Waals surface area contributed by atoms with Crippen molar-refractivity contribution in [1.29, 1.82) is 0 Å². The van der Waals surface area contributed by atoms with Gasteiger partial charge in [-0.2, -0.15) is 0 Å². The van der Waals surface area contributed by atoms with Crippen molar-refractivity contribution >= 4 is 0 Å². The topological polar surface area (TPSA) is 60.2 Å². The Labute approximate surface area is 89.0 Å². The van der Waals surface area contributed by atoms with Crippen molar-refractivity contribution in [2.45, 2.75) is 31.7 Å². The van der Waals surface area contributed by atoms with Gasteiger partial charge in [-0.05, 0) is 25.7 Å². The van der Waals surface area contributed by atoms with Crippen LogP contribution in [0, 0.1) is 0 Å². The predicted molar refractivity (Wildman–Crippen MR) is 54.5 cm³/mol. The third kappa shape index (κ3) is 2.76. The summed E-state index contributed by atoms with van der Waals surface area (Å²) in [5.41, 5.74) is 0.953. The summed E-state index contributed by atoms with van der Waals surface area (Å²) in [6.45, 7) is 1.81. The van der Waals surface area contributed by atoms with Crippen molar-refractivity contribution in [2.75, 3.05) is 19.8 Å². The number of aliphatic hydroxyl groups is 1. The maximum absolute atomic E-state index is 8.71. The molecule has 0 saturated carbocycles. The van der Waals surface area contributed by atoms with E-state index < -0.39 is 0 Å². The maximum atomic E-state index is 8.71. The van der Waals surface area contributed by atoms with E-state index in [1.54, 1.807) is 0 Å². The van der Waals surface area contributed by atoms with Crippen LogP contribution in [0.3, 0.4) is 0 Å². The molecule has 1 atom stereocenters. The van der Waals surface area contributed by atoms with Gasteiger partial charge in [0.05, 0.1) is 18.3 Å². The van der Waals surface area contributed by atoms with E-state index in [1.807, 2.05) is 10.9 Å². The molecule has 1 saturated heterocycles. The average molecular weight is 211 g/mol. The molecule has 0 bridgehead atoms.